The van der Waals surface area contributed by atoms with E-state index in [0.29, 0.717) is 54.1 Å². The zero-order valence-corrected chi connectivity index (χ0v) is 17.5. The fourth-order valence-electron chi connectivity index (χ4n) is 8.41. The molecule has 0 aromatic carbocycles. The highest BCUT2D eigenvalue weighted by Crippen LogP contribution is 2.67. The van der Waals surface area contributed by atoms with Crippen LogP contribution in [0.4, 0.5) is 0 Å². The smallest absolute Gasteiger partial charge is 0.136 e. The molecule has 4 saturated carbocycles. The van der Waals surface area contributed by atoms with Gasteiger partial charge in [0.1, 0.15) is 5.78 Å². The minimum atomic E-state index is -0.727. The summed E-state index contributed by atoms with van der Waals surface area (Å²) >= 11 is 0. The van der Waals surface area contributed by atoms with E-state index in [9.17, 15) is 15.0 Å². The van der Waals surface area contributed by atoms with Gasteiger partial charge in [-0.3, -0.25) is 4.79 Å². The highest BCUT2D eigenvalue weighted by Gasteiger charge is 2.63. The van der Waals surface area contributed by atoms with E-state index in [1.807, 2.05) is 0 Å². The van der Waals surface area contributed by atoms with Gasteiger partial charge in [0.2, 0.25) is 0 Å². The largest absolute Gasteiger partial charge is 0.390 e. The lowest BCUT2D eigenvalue weighted by molar-refractivity contribution is -0.173. The Hall–Kier alpha value is -0.670. The van der Waals surface area contributed by atoms with Gasteiger partial charge in [-0.05, 0) is 85.9 Å². The van der Waals surface area contributed by atoms with Gasteiger partial charge in [0.25, 0.3) is 0 Å². The Labute approximate surface area is 164 Å². The summed E-state index contributed by atoms with van der Waals surface area (Å²) in [6, 6.07) is 0. The van der Waals surface area contributed by atoms with Crippen LogP contribution in [0.3, 0.4) is 0 Å². The van der Waals surface area contributed by atoms with Gasteiger partial charge < -0.3 is 10.2 Å². The number of aliphatic hydroxyl groups excluding tert-OH is 2. The Morgan fingerprint density at radius 1 is 1.07 bits per heavy atom. The first kappa shape index (κ1) is 19.6. The van der Waals surface area contributed by atoms with Crippen LogP contribution >= 0.6 is 0 Å². The van der Waals surface area contributed by atoms with Gasteiger partial charge in [-0.15, -0.1) is 0 Å². The molecule has 4 aliphatic carbocycles. The second kappa shape index (κ2) is 6.69. The van der Waals surface area contributed by atoms with E-state index in [1.165, 1.54) is 25.7 Å². The van der Waals surface area contributed by atoms with Crippen molar-refractivity contribution in [1.82, 2.24) is 0 Å². The van der Waals surface area contributed by atoms with Crippen LogP contribution in [-0.4, -0.2) is 28.2 Å². The molecule has 27 heavy (non-hydrogen) atoms. The van der Waals surface area contributed by atoms with E-state index in [1.54, 1.807) is 0 Å². The van der Waals surface area contributed by atoms with Crippen molar-refractivity contribution in [1.29, 1.82) is 0 Å². The predicted molar refractivity (Wildman–Crippen MR) is 107 cm³/mol. The third kappa shape index (κ3) is 2.79. The number of fused-ring (bicyclic) bond motifs is 5. The summed E-state index contributed by atoms with van der Waals surface area (Å²) in [5.41, 5.74) is 0.212. The summed E-state index contributed by atoms with van der Waals surface area (Å²) in [5.74, 6) is 3.27. The molecule has 0 aliphatic heterocycles. The van der Waals surface area contributed by atoms with Gasteiger partial charge in [-0.2, -0.15) is 0 Å². The van der Waals surface area contributed by atoms with E-state index < -0.39 is 12.2 Å². The number of Topliss-reactive ketones (excluding diaryl/α,β-unsaturated/α-hetero) is 1. The SMILES string of the molecule is C/C=C\[C@@H](C)[C@H]1CC[C@H]2[C@@H]3CC(=O)[C@H]4C[C@H](O)[C@H](O)C[C@]4(C)[C@H]3CC[C@]12C. The lowest BCUT2D eigenvalue weighted by Crippen LogP contribution is -2.59. The first-order chi connectivity index (χ1) is 12.7. The van der Waals surface area contributed by atoms with Crippen LogP contribution in [0.2, 0.25) is 0 Å². The van der Waals surface area contributed by atoms with Crippen molar-refractivity contribution < 1.29 is 15.0 Å². The van der Waals surface area contributed by atoms with Crippen LogP contribution in [0.25, 0.3) is 0 Å². The van der Waals surface area contributed by atoms with Crippen LogP contribution in [0.1, 0.15) is 72.6 Å². The zero-order valence-electron chi connectivity index (χ0n) is 17.5. The molecule has 0 aromatic rings. The van der Waals surface area contributed by atoms with Gasteiger partial charge in [0.05, 0.1) is 12.2 Å². The third-order valence-corrected chi connectivity index (χ3v) is 9.68. The van der Waals surface area contributed by atoms with Crippen molar-refractivity contribution in [3.05, 3.63) is 12.2 Å². The Morgan fingerprint density at radius 2 is 1.78 bits per heavy atom. The molecular weight excluding hydrogens is 336 g/mol. The second-order valence-electron chi connectivity index (χ2n) is 10.8. The fraction of sp³-hybridized carbons (Fsp3) is 0.875. The highest BCUT2D eigenvalue weighted by atomic mass is 16.3. The van der Waals surface area contributed by atoms with Crippen molar-refractivity contribution in [2.24, 2.45) is 46.3 Å². The Balaban J connectivity index is 1.64. The van der Waals surface area contributed by atoms with Crippen molar-refractivity contribution in [2.75, 3.05) is 0 Å². The quantitative estimate of drug-likeness (QED) is 0.706. The summed E-state index contributed by atoms with van der Waals surface area (Å²) in [4.78, 5) is 13.1. The van der Waals surface area contributed by atoms with E-state index in [2.05, 4.69) is 39.8 Å². The molecule has 0 spiro atoms. The maximum atomic E-state index is 13.1. The molecule has 0 aromatic heterocycles. The molecule has 0 bridgehead atoms. The normalized spacial score (nSPS) is 53.7. The maximum absolute atomic E-state index is 13.1. The Morgan fingerprint density at radius 3 is 2.48 bits per heavy atom. The number of ketones is 1. The zero-order chi connectivity index (χ0) is 19.6. The summed E-state index contributed by atoms with van der Waals surface area (Å²) in [6.45, 7) is 9.24. The molecule has 0 unspecified atom stereocenters. The average molecular weight is 375 g/mol. The molecule has 152 valence electrons. The van der Waals surface area contributed by atoms with Crippen LogP contribution in [0.5, 0.6) is 0 Å². The van der Waals surface area contributed by atoms with Crippen LogP contribution < -0.4 is 0 Å². The molecule has 4 aliphatic rings. The molecule has 10 atom stereocenters. The topological polar surface area (TPSA) is 57.5 Å². The van der Waals surface area contributed by atoms with Crippen molar-refractivity contribution in [3.63, 3.8) is 0 Å². The summed E-state index contributed by atoms with van der Waals surface area (Å²) < 4.78 is 0. The monoisotopic (exact) mass is 374 g/mol. The first-order valence-corrected chi connectivity index (χ1v) is 11.2. The van der Waals surface area contributed by atoms with Crippen molar-refractivity contribution >= 4 is 5.78 Å². The lowest BCUT2D eigenvalue weighted by Gasteiger charge is -2.60. The van der Waals surface area contributed by atoms with E-state index in [4.69, 9.17) is 0 Å². The minimum absolute atomic E-state index is 0.0549. The Bertz CT molecular complexity index is 627. The number of carbonyl (C=O) groups is 1. The molecule has 0 saturated heterocycles. The van der Waals surface area contributed by atoms with E-state index >= 15 is 0 Å². The number of carbonyl (C=O) groups excluding carboxylic acids is 1. The van der Waals surface area contributed by atoms with Gasteiger partial charge in [-0.25, -0.2) is 0 Å². The van der Waals surface area contributed by atoms with Crippen LogP contribution in [0, 0.1) is 46.3 Å². The molecule has 4 fully saturated rings. The summed E-state index contributed by atoms with van der Waals surface area (Å²) in [5, 5.41) is 20.6. The van der Waals surface area contributed by atoms with Crippen molar-refractivity contribution in [2.45, 2.75) is 84.8 Å². The van der Waals surface area contributed by atoms with E-state index in [0.717, 1.165) is 5.92 Å². The standard InChI is InChI=1S/C24H38O3/c1-5-6-14(2)16-7-8-17-15-11-20(25)19-12-21(26)22(27)13-24(19,4)18(15)9-10-23(16,17)3/h5-6,14-19,21-22,26-27H,7-13H2,1-4H3/b6-5-/t14-,15+,16-,17+,18+,19-,21+,22-,23-,24-/m1/s1. The molecule has 4 rings (SSSR count). The molecule has 0 radical (unpaired) electrons. The lowest BCUT2D eigenvalue weighted by atomic mass is 9.44. The number of rotatable bonds is 2. The minimum Gasteiger partial charge on any atom is -0.390 e. The summed E-state index contributed by atoms with van der Waals surface area (Å²) in [7, 11) is 0. The van der Waals surface area contributed by atoms with Crippen LogP contribution in [0.15, 0.2) is 12.2 Å². The summed E-state index contributed by atoms with van der Waals surface area (Å²) in [6.07, 6.45) is 9.89. The number of hydrogen-bond donors (Lipinski definition) is 2. The van der Waals surface area contributed by atoms with Gasteiger partial charge in [-0.1, -0.05) is 32.9 Å². The first-order valence-electron chi connectivity index (χ1n) is 11.2. The molecule has 0 amide bonds. The van der Waals surface area contributed by atoms with Crippen LogP contribution in [-0.2, 0) is 4.79 Å². The Kier molecular flexibility index (Phi) is 4.87. The molecule has 0 heterocycles. The van der Waals surface area contributed by atoms with Gasteiger partial charge >= 0.3 is 0 Å². The predicted octanol–water partition coefficient (Wildman–Crippen LogP) is 4.37. The molecule has 3 nitrogen and oxygen atoms in total. The molecule has 3 heteroatoms. The molecule has 2 N–H and O–H groups in total. The average Bonchev–Trinajstić information content (AvgIpc) is 2.95. The van der Waals surface area contributed by atoms with Crippen molar-refractivity contribution in [3.8, 4) is 0 Å². The maximum Gasteiger partial charge on any atom is 0.136 e. The highest BCUT2D eigenvalue weighted by molar-refractivity contribution is 5.83. The number of aliphatic hydroxyl groups is 2. The number of allylic oxidation sites excluding steroid dienone is 2. The third-order valence-electron chi connectivity index (χ3n) is 9.68. The molecular formula is C24H38O3. The second-order valence-corrected chi connectivity index (χ2v) is 10.8. The van der Waals surface area contributed by atoms with Gasteiger partial charge in [0.15, 0.2) is 0 Å². The number of hydrogen-bond acceptors (Lipinski definition) is 3. The van der Waals surface area contributed by atoms with E-state index in [-0.39, 0.29) is 11.3 Å². The van der Waals surface area contributed by atoms with Gasteiger partial charge in [0, 0.05) is 12.3 Å². The fourth-order valence-corrected chi connectivity index (χ4v) is 8.41.